The Morgan fingerprint density at radius 2 is 1.81 bits per heavy atom. The smallest absolute Gasteiger partial charge is 0.480 e. The Morgan fingerprint density at radius 3 is 2.38 bits per heavy atom. The van der Waals surface area contributed by atoms with E-state index in [0.29, 0.717) is 0 Å². The summed E-state index contributed by atoms with van der Waals surface area (Å²) < 4.78 is 80.1. The number of nitrogens with zero attached hydrogens (tertiary/aromatic N) is 2. The van der Waals surface area contributed by atoms with E-state index in [1.54, 1.807) is 24.5 Å². The molecule has 32 heavy (non-hydrogen) atoms. The summed E-state index contributed by atoms with van der Waals surface area (Å²) >= 11 is 0. The van der Waals surface area contributed by atoms with E-state index in [1.165, 1.54) is 0 Å². The second-order valence-corrected chi connectivity index (χ2v) is 10.6. The summed E-state index contributed by atoms with van der Waals surface area (Å²) in [5.41, 5.74) is 0.765. The normalized spacial score (nSPS) is 21.1. The van der Waals surface area contributed by atoms with Crippen LogP contribution >= 0.6 is 0 Å². The van der Waals surface area contributed by atoms with Gasteiger partial charge in [0.05, 0.1) is 4.90 Å². The van der Waals surface area contributed by atoms with E-state index < -0.39 is 50.2 Å². The highest BCUT2D eigenvalue weighted by Crippen LogP contribution is 2.30. The number of hydrogen-bond donors (Lipinski definition) is 1. The van der Waals surface area contributed by atoms with Gasteiger partial charge in [-0.05, 0) is 54.8 Å². The van der Waals surface area contributed by atoms with Crippen molar-refractivity contribution in [2.24, 2.45) is 0 Å². The zero-order valence-electron chi connectivity index (χ0n) is 16.4. The molecule has 0 amide bonds. The van der Waals surface area contributed by atoms with Gasteiger partial charge in [0.15, 0.2) is 0 Å². The Bertz CT molecular complexity index is 1080. The van der Waals surface area contributed by atoms with Crippen LogP contribution in [0.2, 0.25) is 0 Å². The van der Waals surface area contributed by atoms with E-state index in [-0.39, 0.29) is 30.0 Å². The highest BCUT2D eigenvalue weighted by atomic mass is 32.2. The summed E-state index contributed by atoms with van der Waals surface area (Å²) in [6, 6.07) is 5.45. The van der Waals surface area contributed by atoms with Gasteiger partial charge in [-0.2, -0.15) is 4.31 Å². The van der Waals surface area contributed by atoms with Crippen LogP contribution in [0.15, 0.2) is 53.7 Å². The van der Waals surface area contributed by atoms with Gasteiger partial charge in [0.25, 0.3) is 0 Å². The molecule has 2 heterocycles. The maximum Gasteiger partial charge on any atom is 0.573 e. The van der Waals surface area contributed by atoms with Crippen LogP contribution in [0, 0.1) is 0 Å². The average Bonchev–Trinajstić information content (AvgIpc) is 2.73. The minimum atomic E-state index is -4.93. The van der Waals surface area contributed by atoms with Crippen LogP contribution < -0.4 is 4.74 Å². The van der Waals surface area contributed by atoms with Crippen molar-refractivity contribution in [1.29, 1.82) is 0 Å². The van der Waals surface area contributed by atoms with Crippen molar-refractivity contribution in [2.75, 3.05) is 6.54 Å². The lowest BCUT2D eigenvalue weighted by Gasteiger charge is -2.35. The Hall–Kier alpha value is -2.51. The number of rotatable bonds is 7. The zero-order chi connectivity index (χ0) is 23.5. The summed E-state index contributed by atoms with van der Waals surface area (Å²) in [5.74, 6) is -1.81. The first-order chi connectivity index (χ1) is 15.0. The SMILES string of the molecule is O=C(O)[C@H]1C[C@H](S(=O)Cc2ccncc2)CCN1S(=O)(=O)c1ccc(OC(F)(F)F)cc1. The number of sulfonamides is 1. The molecule has 1 aliphatic rings. The molecule has 0 aliphatic carbocycles. The predicted molar refractivity (Wildman–Crippen MR) is 108 cm³/mol. The van der Waals surface area contributed by atoms with Crippen molar-refractivity contribution in [3.05, 3.63) is 54.4 Å². The van der Waals surface area contributed by atoms with Crippen LogP contribution in [0.4, 0.5) is 13.2 Å². The summed E-state index contributed by atoms with van der Waals surface area (Å²) in [6.45, 7) is -0.188. The second-order valence-electron chi connectivity index (χ2n) is 7.02. The van der Waals surface area contributed by atoms with Crippen LogP contribution in [0.5, 0.6) is 5.75 Å². The zero-order valence-corrected chi connectivity index (χ0v) is 18.1. The van der Waals surface area contributed by atoms with Crippen LogP contribution in [0.25, 0.3) is 0 Å². The van der Waals surface area contributed by atoms with Crippen molar-refractivity contribution < 1.29 is 40.4 Å². The lowest BCUT2D eigenvalue weighted by Crippen LogP contribution is -2.52. The number of carboxylic acids is 1. The maximum atomic E-state index is 13.0. The molecule has 13 heteroatoms. The molecule has 3 atom stereocenters. The number of carbonyl (C=O) groups is 1. The molecule has 1 aromatic heterocycles. The molecule has 1 saturated heterocycles. The molecule has 2 aromatic rings. The van der Waals surface area contributed by atoms with Gasteiger partial charge >= 0.3 is 12.3 Å². The summed E-state index contributed by atoms with van der Waals surface area (Å²) in [7, 11) is -5.75. The van der Waals surface area contributed by atoms with Gasteiger partial charge in [0.2, 0.25) is 10.0 Å². The van der Waals surface area contributed by atoms with Crippen molar-refractivity contribution in [3.63, 3.8) is 0 Å². The van der Waals surface area contributed by atoms with Gasteiger partial charge in [0, 0.05) is 40.7 Å². The molecular formula is C19H19F3N2O6S2. The maximum absolute atomic E-state index is 13.0. The fraction of sp³-hybridized carbons (Fsp3) is 0.368. The van der Waals surface area contributed by atoms with Crippen molar-refractivity contribution in [2.45, 2.75) is 41.1 Å². The number of benzene rings is 1. The Morgan fingerprint density at radius 1 is 1.19 bits per heavy atom. The number of alkyl halides is 3. The third-order valence-corrected chi connectivity index (χ3v) is 8.60. The van der Waals surface area contributed by atoms with Crippen molar-refractivity contribution in [3.8, 4) is 5.75 Å². The second kappa shape index (κ2) is 9.55. The van der Waals surface area contributed by atoms with Crippen molar-refractivity contribution >= 4 is 26.8 Å². The van der Waals surface area contributed by atoms with Crippen LogP contribution in [0.1, 0.15) is 18.4 Å². The molecule has 8 nitrogen and oxygen atoms in total. The largest absolute Gasteiger partial charge is 0.573 e. The molecule has 1 aromatic carbocycles. The molecule has 1 fully saturated rings. The summed E-state index contributed by atoms with van der Waals surface area (Å²) in [5, 5.41) is 9.09. The molecule has 0 saturated carbocycles. The molecular weight excluding hydrogens is 473 g/mol. The summed E-state index contributed by atoms with van der Waals surface area (Å²) in [4.78, 5) is 15.3. The van der Waals surface area contributed by atoms with E-state index in [4.69, 9.17) is 0 Å². The molecule has 0 radical (unpaired) electrons. The van der Waals surface area contributed by atoms with Crippen LogP contribution in [0.3, 0.4) is 0 Å². The number of ether oxygens (including phenoxy) is 1. The number of aromatic nitrogens is 1. The number of piperidine rings is 1. The van der Waals surface area contributed by atoms with E-state index in [0.717, 1.165) is 34.1 Å². The Kier molecular flexibility index (Phi) is 7.20. The highest BCUT2D eigenvalue weighted by molar-refractivity contribution is 7.89. The number of aliphatic carboxylic acids is 1. The monoisotopic (exact) mass is 492 g/mol. The standard InChI is InChI=1S/C19H19F3N2O6S2/c20-19(21,22)30-14-1-3-16(4-2-14)32(28,29)24-10-7-15(11-17(24)18(25)26)31(27)12-13-5-8-23-9-6-13/h1-6,8-9,15,17H,7,10-12H2,(H,25,26)/t15-,17-,31?/m1/s1. The first kappa shape index (κ1) is 24.1. The van der Waals surface area contributed by atoms with Crippen molar-refractivity contribution in [1.82, 2.24) is 9.29 Å². The molecule has 0 bridgehead atoms. The lowest BCUT2D eigenvalue weighted by atomic mass is 10.0. The molecule has 3 rings (SSSR count). The fourth-order valence-electron chi connectivity index (χ4n) is 3.37. The van der Waals surface area contributed by atoms with E-state index in [9.17, 15) is 35.7 Å². The number of hydrogen-bond acceptors (Lipinski definition) is 6. The minimum Gasteiger partial charge on any atom is -0.480 e. The molecule has 174 valence electrons. The van der Waals surface area contributed by atoms with E-state index in [1.807, 2.05) is 0 Å². The summed E-state index contributed by atoms with van der Waals surface area (Å²) in [6.07, 6.45) is -1.81. The topological polar surface area (TPSA) is 114 Å². The van der Waals surface area contributed by atoms with Gasteiger partial charge < -0.3 is 9.84 Å². The first-order valence-electron chi connectivity index (χ1n) is 9.34. The van der Waals surface area contributed by atoms with E-state index in [2.05, 4.69) is 9.72 Å². The van der Waals surface area contributed by atoms with E-state index >= 15 is 0 Å². The van der Waals surface area contributed by atoms with Gasteiger partial charge in [-0.3, -0.25) is 14.0 Å². The highest BCUT2D eigenvalue weighted by Gasteiger charge is 2.42. The third-order valence-electron chi connectivity index (χ3n) is 4.88. The first-order valence-corrected chi connectivity index (χ1v) is 12.2. The van der Waals surface area contributed by atoms with Gasteiger partial charge in [-0.25, -0.2) is 8.42 Å². The number of carboxylic acid groups (broad SMARTS) is 1. The molecule has 1 unspecified atom stereocenters. The minimum absolute atomic E-state index is 0.151. The number of halogens is 3. The van der Waals surface area contributed by atoms with Gasteiger partial charge in [-0.1, -0.05) is 0 Å². The number of pyridine rings is 1. The molecule has 0 spiro atoms. The Labute approximate surface area is 184 Å². The Balaban J connectivity index is 1.76. The molecule has 1 N–H and O–H groups in total. The van der Waals surface area contributed by atoms with Crippen LogP contribution in [-0.2, 0) is 31.4 Å². The average molecular weight is 492 g/mol. The molecule has 1 aliphatic heterocycles. The lowest BCUT2D eigenvalue weighted by molar-refractivity contribution is -0.274. The van der Waals surface area contributed by atoms with Crippen LogP contribution in [-0.4, -0.2) is 57.2 Å². The van der Waals surface area contributed by atoms with Gasteiger partial charge in [-0.15, -0.1) is 13.2 Å². The van der Waals surface area contributed by atoms with Gasteiger partial charge in [0.1, 0.15) is 11.8 Å². The predicted octanol–water partition coefficient (Wildman–Crippen LogP) is 2.54. The quantitative estimate of drug-likeness (QED) is 0.632. The fourth-order valence-corrected chi connectivity index (χ4v) is 6.50. The third kappa shape index (κ3) is 5.84.